The van der Waals surface area contributed by atoms with E-state index < -0.39 is 0 Å². The van der Waals surface area contributed by atoms with Gasteiger partial charge in [-0.1, -0.05) is 11.6 Å². The Kier molecular flexibility index (Phi) is 4.73. The lowest BCUT2D eigenvalue weighted by atomic mass is 10.2. The highest BCUT2D eigenvalue weighted by Crippen LogP contribution is 2.29. The molecule has 2 aromatic rings. The zero-order valence-electron chi connectivity index (χ0n) is 11.2. The van der Waals surface area contributed by atoms with E-state index in [4.69, 9.17) is 26.9 Å². The molecular weight excluding hydrogens is 280 g/mol. The van der Waals surface area contributed by atoms with Gasteiger partial charge in [0.05, 0.1) is 24.4 Å². The Morgan fingerprint density at radius 2 is 2.05 bits per heavy atom. The van der Waals surface area contributed by atoms with Gasteiger partial charge < -0.3 is 14.9 Å². The molecular formula is C13H15ClN4O2. The molecule has 0 unspecified atom stereocenters. The van der Waals surface area contributed by atoms with Gasteiger partial charge in [0.2, 0.25) is 0 Å². The van der Waals surface area contributed by atoms with Gasteiger partial charge >= 0.3 is 0 Å². The molecule has 1 aromatic carbocycles. The molecule has 0 aliphatic carbocycles. The number of nitrogens with two attached hydrogens (primary N) is 1. The number of nitrogens with zero attached hydrogens (tertiary/aromatic N) is 2. The van der Waals surface area contributed by atoms with E-state index in [1.165, 1.54) is 0 Å². The number of halogens is 1. The zero-order valence-corrected chi connectivity index (χ0v) is 11.9. The fraction of sp³-hybridized carbons (Fsp3) is 0.231. The first-order valence-corrected chi connectivity index (χ1v) is 6.23. The van der Waals surface area contributed by atoms with Crippen LogP contribution in [0.3, 0.4) is 0 Å². The number of hydrazine groups is 1. The van der Waals surface area contributed by atoms with Crippen LogP contribution in [0.4, 0.5) is 5.82 Å². The van der Waals surface area contributed by atoms with Crippen molar-refractivity contribution < 1.29 is 9.47 Å². The Morgan fingerprint density at radius 1 is 1.25 bits per heavy atom. The number of nitrogens with one attached hydrogen (secondary N) is 1. The van der Waals surface area contributed by atoms with Crippen molar-refractivity contribution >= 4 is 17.4 Å². The Morgan fingerprint density at radius 3 is 2.65 bits per heavy atom. The number of hydrogen-bond donors (Lipinski definition) is 2. The van der Waals surface area contributed by atoms with Crippen LogP contribution in [0.2, 0.25) is 5.02 Å². The lowest BCUT2D eigenvalue weighted by Crippen LogP contribution is -2.10. The van der Waals surface area contributed by atoms with Gasteiger partial charge in [-0.25, -0.2) is 15.8 Å². The number of aromatic nitrogens is 2. The predicted molar refractivity (Wildman–Crippen MR) is 77.6 cm³/mol. The number of ether oxygens (including phenoxy) is 2. The number of benzene rings is 1. The second kappa shape index (κ2) is 6.51. The van der Waals surface area contributed by atoms with Crippen LogP contribution in [0, 0.1) is 0 Å². The van der Waals surface area contributed by atoms with Crippen molar-refractivity contribution in [2.45, 2.75) is 6.61 Å². The summed E-state index contributed by atoms with van der Waals surface area (Å²) in [6.45, 7) is 0.369. The van der Waals surface area contributed by atoms with E-state index in [0.29, 0.717) is 29.0 Å². The molecule has 6 nitrogen and oxygen atoms in total. The molecule has 1 heterocycles. The van der Waals surface area contributed by atoms with Crippen LogP contribution in [0.1, 0.15) is 5.69 Å². The van der Waals surface area contributed by atoms with Gasteiger partial charge in [0.1, 0.15) is 11.6 Å². The third-order valence-corrected chi connectivity index (χ3v) is 2.92. The van der Waals surface area contributed by atoms with E-state index in [2.05, 4.69) is 15.4 Å². The smallest absolute Gasteiger partial charge is 0.161 e. The summed E-state index contributed by atoms with van der Waals surface area (Å²) in [6, 6.07) is 7.06. The molecule has 106 valence electrons. The molecule has 0 spiro atoms. The molecule has 7 heteroatoms. The van der Waals surface area contributed by atoms with Crippen LogP contribution in [0.25, 0.3) is 11.4 Å². The van der Waals surface area contributed by atoms with Crippen molar-refractivity contribution in [1.29, 1.82) is 0 Å². The topological polar surface area (TPSA) is 82.3 Å². The Labute approximate surface area is 121 Å². The maximum atomic E-state index is 6.11. The van der Waals surface area contributed by atoms with E-state index in [-0.39, 0.29) is 0 Å². The van der Waals surface area contributed by atoms with Gasteiger partial charge in [-0.2, -0.15) is 0 Å². The van der Waals surface area contributed by atoms with Crippen molar-refractivity contribution in [3.05, 3.63) is 35.0 Å². The van der Waals surface area contributed by atoms with Crippen molar-refractivity contribution in [2.24, 2.45) is 5.84 Å². The van der Waals surface area contributed by atoms with Crippen LogP contribution in [0.15, 0.2) is 24.3 Å². The summed E-state index contributed by atoms with van der Waals surface area (Å²) in [5.74, 6) is 7.03. The van der Waals surface area contributed by atoms with Crippen molar-refractivity contribution in [3.8, 4) is 17.1 Å². The molecule has 0 aliphatic rings. The molecule has 0 bridgehead atoms. The minimum atomic E-state index is 0.369. The monoisotopic (exact) mass is 294 g/mol. The summed E-state index contributed by atoms with van der Waals surface area (Å²) >= 11 is 6.11. The molecule has 20 heavy (non-hydrogen) atoms. The zero-order chi connectivity index (χ0) is 14.5. The molecule has 0 atom stereocenters. The number of nitrogen functional groups attached to an aromatic ring is 1. The summed E-state index contributed by atoms with van der Waals surface area (Å²) in [6.07, 6.45) is 0. The normalized spacial score (nSPS) is 10.4. The average molecular weight is 295 g/mol. The van der Waals surface area contributed by atoms with Crippen LogP contribution >= 0.6 is 11.6 Å². The number of anilines is 1. The van der Waals surface area contributed by atoms with Crippen LogP contribution < -0.4 is 16.0 Å². The van der Waals surface area contributed by atoms with Crippen molar-refractivity contribution in [2.75, 3.05) is 19.6 Å². The molecule has 0 radical (unpaired) electrons. The highest BCUT2D eigenvalue weighted by atomic mass is 35.5. The fourth-order valence-corrected chi connectivity index (χ4v) is 1.99. The van der Waals surface area contributed by atoms with Crippen LogP contribution in [-0.4, -0.2) is 24.2 Å². The first kappa shape index (κ1) is 14.5. The molecule has 0 saturated heterocycles. The highest BCUT2D eigenvalue weighted by molar-refractivity contribution is 6.32. The van der Waals surface area contributed by atoms with Gasteiger partial charge in [-0.3, -0.25) is 0 Å². The fourth-order valence-electron chi connectivity index (χ4n) is 1.73. The van der Waals surface area contributed by atoms with Crippen LogP contribution in [0.5, 0.6) is 5.75 Å². The van der Waals surface area contributed by atoms with Gasteiger partial charge in [-0.05, 0) is 18.2 Å². The quantitative estimate of drug-likeness (QED) is 0.650. The molecule has 2 rings (SSSR count). The second-order valence-electron chi connectivity index (χ2n) is 3.99. The lowest BCUT2D eigenvalue weighted by Gasteiger charge is -2.09. The largest absolute Gasteiger partial charge is 0.495 e. The predicted octanol–water partition coefficient (Wildman–Crippen LogP) is 2.24. The standard InChI is InChI=1S/C13H15ClN4O2/c1-19-7-9-6-12(18-15)17-13(16-9)8-3-4-11(20-2)10(14)5-8/h3-6H,7,15H2,1-2H3,(H,16,17,18). The Bertz CT molecular complexity index is 607. The van der Waals surface area contributed by atoms with E-state index >= 15 is 0 Å². The van der Waals surface area contributed by atoms with Gasteiger partial charge in [-0.15, -0.1) is 0 Å². The van der Waals surface area contributed by atoms with Crippen LogP contribution in [-0.2, 0) is 11.3 Å². The summed E-state index contributed by atoms with van der Waals surface area (Å²) < 4.78 is 10.2. The molecule has 0 fully saturated rings. The SMILES string of the molecule is COCc1cc(NN)nc(-c2ccc(OC)c(Cl)c2)n1. The van der Waals surface area contributed by atoms with E-state index in [0.717, 1.165) is 11.3 Å². The first-order valence-electron chi connectivity index (χ1n) is 5.85. The van der Waals surface area contributed by atoms with E-state index in [1.807, 2.05) is 6.07 Å². The van der Waals surface area contributed by atoms with Gasteiger partial charge in [0.25, 0.3) is 0 Å². The first-order chi connectivity index (χ1) is 9.67. The number of hydrogen-bond acceptors (Lipinski definition) is 6. The molecule has 1 aromatic heterocycles. The minimum Gasteiger partial charge on any atom is -0.495 e. The van der Waals surface area contributed by atoms with Crippen molar-refractivity contribution in [1.82, 2.24) is 9.97 Å². The van der Waals surface area contributed by atoms with Gasteiger partial charge in [0, 0.05) is 18.7 Å². The lowest BCUT2D eigenvalue weighted by molar-refractivity contribution is 0.181. The maximum absolute atomic E-state index is 6.11. The third kappa shape index (κ3) is 3.16. The summed E-state index contributed by atoms with van der Waals surface area (Å²) in [5, 5.41) is 0.494. The summed E-state index contributed by atoms with van der Waals surface area (Å²) in [5.41, 5.74) is 4.00. The van der Waals surface area contributed by atoms with Gasteiger partial charge in [0.15, 0.2) is 5.82 Å². The summed E-state index contributed by atoms with van der Waals surface area (Å²) in [4.78, 5) is 8.71. The molecule has 0 aliphatic heterocycles. The van der Waals surface area contributed by atoms with E-state index in [1.54, 1.807) is 32.4 Å². The molecule has 0 amide bonds. The third-order valence-electron chi connectivity index (χ3n) is 2.63. The highest BCUT2D eigenvalue weighted by Gasteiger charge is 2.09. The molecule has 0 saturated carbocycles. The maximum Gasteiger partial charge on any atom is 0.161 e. The second-order valence-corrected chi connectivity index (χ2v) is 4.40. The number of rotatable bonds is 5. The number of methoxy groups -OCH3 is 2. The minimum absolute atomic E-state index is 0.369. The van der Waals surface area contributed by atoms with E-state index in [9.17, 15) is 0 Å². The van der Waals surface area contributed by atoms with Crippen molar-refractivity contribution in [3.63, 3.8) is 0 Å². The average Bonchev–Trinajstić information content (AvgIpc) is 2.47. The Balaban J connectivity index is 2.45. The summed E-state index contributed by atoms with van der Waals surface area (Å²) in [7, 11) is 3.16. The Hall–Kier alpha value is -1.89. The molecule has 3 N–H and O–H groups in total.